The molecule has 2 N–H and O–H groups in total. The minimum atomic E-state index is -0.275. The Morgan fingerprint density at radius 2 is 1.72 bits per heavy atom. The lowest BCUT2D eigenvalue weighted by molar-refractivity contribution is 0.0951. The third-order valence-corrected chi connectivity index (χ3v) is 4.61. The van der Waals surface area contributed by atoms with Crippen LogP contribution in [0.25, 0.3) is 22.6 Å². The van der Waals surface area contributed by atoms with Gasteiger partial charge in [0.2, 0.25) is 0 Å². The molecule has 0 aliphatic heterocycles. The summed E-state index contributed by atoms with van der Waals surface area (Å²) >= 11 is 5.81. The Morgan fingerprint density at radius 1 is 1.00 bits per heavy atom. The molecule has 1 amide bonds. The van der Waals surface area contributed by atoms with Gasteiger partial charge in [0.05, 0.1) is 11.9 Å². The molecule has 5 nitrogen and oxygen atoms in total. The van der Waals surface area contributed by atoms with Crippen LogP contribution in [0.2, 0.25) is 5.15 Å². The van der Waals surface area contributed by atoms with Gasteiger partial charge in [0.25, 0.3) is 5.91 Å². The van der Waals surface area contributed by atoms with Gasteiger partial charge in [-0.05, 0) is 47.5 Å². The first-order valence-electron chi connectivity index (χ1n) is 8.88. The van der Waals surface area contributed by atoms with Crippen LogP contribution in [0.4, 0.5) is 4.39 Å². The van der Waals surface area contributed by atoms with Crippen molar-refractivity contribution < 1.29 is 9.18 Å². The number of nitrogens with zero attached hydrogens (tertiary/aromatic N) is 2. The fourth-order valence-electron chi connectivity index (χ4n) is 2.85. The van der Waals surface area contributed by atoms with E-state index in [2.05, 4.69) is 20.3 Å². The van der Waals surface area contributed by atoms with E-state index in [0.717, 1.165) is 22.4 Å². The van der Waals surface area contributed by atoms with Crippen LogP contribution in [0.15, 0.2) is 73.1 Å². The number of hydrogen-bond acceptors (Lipinski definition) is 3. The maximum absolute atomic E-state index is 13.1. The van der Waals surface area contributed by atoms with Gasteiger partial charge in [-0.1, -0.05) is 35.9 Å². The second kappa shape index (κ2) is 8.24. The van der Waals surface area contributed by atoms with Crippen LogP contribution in [-0.2, 0) is 6.54 Å². The van der Waals surface area contributed by atoms with Gasteiger partial charge in [-0.25, -0.2) is 14.4 Å². The van der Waals surface area contributed by atoms with Crippen molar-refractivity contribution in [3.05, 3.63) is 95.2 Å². The molecular formula is C22H16ClFN4O. The van der Waals surface area contributed by atoms with E-state index < -0.39 is 0 Å². The Kier molecular flexibility index (Phi) is 5.35. The molecule has 29 heavy (non-hydrogen) atoms. The molecule has 0 bridgehead atoms. The SMILES string of the molecule is O=C(NCc1ccc(-c2ncc(-c3ccc(F)cc3)[nH]2)cc1)c1ccnc(Cl)c1. The van der Waals surface area contributed by atoms with Crippen molar-refractivity contribution in [1.29, 1.82) is 0 Å². The zero-order valence-electron chi connectivity index (χ0n) is 15.2. The van der Waals surface area contributed by atoms with Gasteiger partial charge >= 0.3 is 0 Å². The Balaban J connectivity index is 1.42. The summed E-state index contributed by atoms with van der Waals surface area (Å²) in [6.45, 7) is 0.387. The standard InChI is InChI=1S/C22H16ClFN4O/c23-20-11-17(9-10-25-20)22(29)27-12-14-1-3-16(4-2-14)21-26-13-19(28-21)15-5-7-18(24)8-6-15/h1-11,13H,12H2,(H,26,28)(H,27,29). The molecule has 0 atom stereocenters. The van der Waals surface area contributed by atoms with Crippen molar-refractivity contribution in [2.24, 2.45) is 0 Å². The van der Waals surface area contributed by atoms with E-state index in [-0.39, 0.29) is 16.9 Å². The van der Waals surface area contributed by atoms with Gasteiger partial charge in [0.1, 0.15) is 16.8 Å². The molecule has 0 unspecified atom stereocenters. The number of amides is 1. The van der Waals surface area contributed by atoms with E-state index in [1.165, 1.54) is 24.4 Å². The van der Waals surface area contributed by atoms with Crippen LogP contribution in [0.5, 0.6) is 0 Å². The average Bonchev–Trinajstić information content (AvgIpc) is 3.23. The highest BCUT2D eigenvalue weighted by Gasteiger charge is 2.08. The first-order valence-corrected chi connectivity index (χ1v) is 9.26. The quantitative estimate of drug-likeness (QED) is 0.465. The second-order valence-electron chi connectivity index (χ2n) is 6.40. The summed E-state index contributed by atoms with van der Waals surface area (Å²) in [4.78, 5) is 23.7. The third kappa shape index (κ3) is 4.50. The molecular weight excluding hydrogens is 391 g/mol. The number of pyridine rings is 1. The molecule has 0 fully saturated rings. The first kappa shape index (κ1) is 18.8. The van der Waals surface area contributed by atoms with Gasteiger partial charge < -0.3 is 10.3 Å². The monoisotopic (exact) mass is 406 g/mol. The van der Waals surface area contributed by atoms with E-state index in [9.17, 15) is 9.18 Å². The number of halogens is 2. The van der Waals surface area contributed by atoms with E-state index in [1.807, 2.05) is 24.3 Å². The minimum Gasteiger partial charge on any atom is -0.348 e. The Hall–Kier alpha value is -3.51. The minimum absolute atomic E-state index is 0.214. The molecule has 2 heterocycles. The fraction of sp³-hybridized carbons (Fsp3) is 0.0455. The predicted molar refractivity (Wildman–Crippen MR) is 110 cm³/mol. The summed E-state index contributed by atoms with van der Waals surface area (Å²) in [6.07, 6.45) is 3.21. The third-order valence-electron chi connectivity index (χ3n) is 4.40. The highest BCUT2D eigenvalue weighted by atomic mass is 35.5. The highest BCUT2D eigenvalue weighted by molar-refractivity contribution is 6.29. The zero-order chi connectivity index (χ0) is 20.2. The summed E-state index contributed by atoms with van der Waals surface area (Å²) in [6, 6.07) is 17.1. The number of aromatic amines is 1. The van der Waals surface area contributed by atoms with Crippen LogP contribution in [-0.4, -0.2) is 20.9 Å². The van der Waals surface area contributed by atoms with Gasteiger partial charge in [0, 0.05) is 23.9 Å². The summed E-state index contributed by atoms with van der Waals surface area (Å²) in [7, 11) is 0. The molecule has 0 aliphatic carbocycles. The number of H-pyrrole nitrogens is 1. The van der Waals surface area contributed by atoms with Crippen LogP contribution in [0.3, 0.4) is 0 Å². The van der Waals surface area contributed by atoms with Crippen molar-refractivity contribution in [3.63, 3.8) is 0 Å². The number of aromatic nitrogens is 3. The average molecular weight is 407 g/mol. The molecule has 2 aromatic carbocycles. The van der Waals surface area contributed by atoms with Crippen molar-refractivity contribution >= 4 is 17.5 Å². The number of carbonyl (C=O) groups excluding carboxylic acids is 1. The van der Waals surface area contributed by atoms with Gasteiger partial charge in [-0.3, -0.25) is 4.79 Å². The lowest BCUT2D eigenvalue weighted by Crippen LogP contribution is -2.22. The van der Waals surface area contributed by atoms with E-state index in [1.54, 1.807) is 24.4 Å². The second-order valence-corrected chi connectivity index (χ2v) is 6.79. The van der Waals surface area contributed by atoms with Gasteiger partial charge in [0.15, 0.2) is 0 Å². The Labute approximate surface area is 171 Å². The predicted octanol–water partition coefficient (Wildman–Crippen LogP) is 4.86. The smallest absolute Gasteiger partial charge is 0.251 e. The van der Waals surface area contributed by atoms with Crippen molar-refractivity contribution in [2.75, 3.05) is 0 Å². The van der Waals surface area contributed by atoms with Crippen molar-refractivity contribution in [1.82, 2.24) is 20.3 Å². The lowest BCUT2D eigenvalue weighted by atomic mass is 10.1. The number of carbonyl (C=O) groups is 1. The zero-order valence-corrected chi connectivity index (χ0v) is 15.9. The summed E-state index contributed by atoms with van der Waals surface area (Å²) < 4.78 is 13.1. The van der Waals surface area contributed by atoms with E-state index in [0.29, 0.717) is 17.9 Å². The normalized spacial score (nSPS) is 10.7. The molecule has 2 aromatic heterocycles. The lowest BCUT2D eigenvalue weighted by Gasteiger charge is -2.06. The number of imidazole rings is 1. The molecule has 4 aromatic rings. The molecule has 4 rings (SSSR count). The summed E-state index contributed by atoms with van der Waals surface area (Å²) in [5, 5.41) is 3.13. The van der Waals surface area contributed by atoms with Crippen LogP contribution in [0.1, 0.15) is 15.9 Å². The molecule has 0 saturated heterocycles. The Bertz CT molecular complexity index is 1140. The summed E-state index contributed by atoms with van der Waals surface area (Å²) in [5.41, 5.74) is 4.00. The highest BCUT2D eigenvalue weighted by Crippen LogP contribution is 2.22. The van der Waals surface area contributed by atoms with Crippen LogP contribution in [0, 0.1) is 5.82 Å². The molecule has 144 valence electrons. The largest absolute Gasteiger partial charge is 0.348 e. The van der Waals surface area contributed by atoms with Crippen LogP contribution < -0.4 is 5.32 Å². The van der Waals surface area contributed by atoms with Gasteiger partial charge in [-0.2, -0.15) is 0 Å². The maximum atomic E-state index is 13.1. The first-order chi connectivity index (χ1) is 14.1. The number of benzene rings is 2. The molecule has 7 heteroatoms. The van der Waals surface area contributed by atoms with Crippen molar-refractivity contribution in [2.45, 2.75) is 6.54 Å². The summed E-state index contributed by atoms with van der Waals surface area (Å²) in [5.74, 6) is 0.225. The molecule has 0 spiro atoms. The fourth-order valence-corrected chi connectivity index (χ4v) is 3.03. The number of rotatable bonds is 5. The number of nitrogens with one attached hydrogen (secondary N) is 2. The van der Waals surface area contributed by atoms with E-state index >= 15 is 0 Å². The molecule has 0 aliphatic rings. The molecule has 0 radical (unpaired) electrons. The maximum Gasteiger partial charge on any atom is 0.251 e. The molecule has 0 saturated carbocycles. The topological polar surface area (TPSA) is 70.7 Å². The Morgan fingerprint density at radius 3 is 2.45 bits per heavy atom. The van der Waals surface area contributed by atoms with E-state index in [4.69, 9.17) is 11.6 Å². The van der Waals surface area contributed by atoms with Gasteiger partial charge in [-0.15, -0.1) is 0 Å². The van der Waals surface area contributed by atoms with Crippen LogP contribution >= 0.6 is 11.6 Å². The van der Waals surface area contributed by atoms with Crippen molar-refractivity contribution in [3.8, 4) is 22.6 Å². The number of hydrogen-bond donors (Lipinski definition) is 2.